The summed E-state index contributed by atoms with van der Waals surface area (Å²) < 4.78 is 56.5. The number of aromatic nitrogens is 5. The van der Waals surface area contributed by atoms with Crippen LogP contribution in [0.15, 0.2) is 34.9 Å². The molecule has 0 unspecified atom stereocenters. The van der Waals surface area contributed by atoms with Crippen LogP contribution in [0.25, 0.3) is 11.0 Å². The van der Waals surface area contributed by atoms with Crippen molar-refractivity contribution in [1.29, 1.82) is 0 Å². The van der Waals surface area contributed by atoms with E-state index in [1.54, 1.807) is 24.4 Å². The Bertz CT molecular complexity index is 1420. The normalized spacial score (nSPS) is 11.7. The second-order valence-electron chi connectivity index (χ2n) is 7.49. The Kier molecular flexibility index (Phi) is 7.34. The fourth-order valence-electron chi connectivity index (χ4n) is 3.50. The van der Waals surface area contributed by atoms with Crippen LogP contribution in [0.3, 0.4) is 0 Å². The van der Waals surface area contributed by atoms with Crippen molar-refractivity contribution in [3.05, 3.63) is 67.5 Å². The smallest absolute Gasteiger partial charge is 0.280 e. The Labute approximate surface area is 214 Å². The molecule has 0 radical (unpaired) electrons. The number of alkyl halides is 4. The first-order chi connectivity index (χ1) is 16.5. The predicted octanol–water partition coefficient (Wildman–Crippen LogP) is 6.57. The van der Waals surface area contributed by atoms with Crippen molar-refractivity contribution in [2.75, 3.05) is 5.32 Å². The van der Waals surface area contributed by atoms with Gasteiger partial charge in [-0.3, -0.25) is 9.48 Å². The number of benzene rings is 1. The largest absolute Gasteiger partial charge is 0.307 e. The Balaban J connectivity index is 1.56. The summed E-state index contributed by atoms with van der Waals surface area (Å²) >= 11 is 15.4. The van der Waals surface area contributed by atoms with Gasteiger partial charge in [-0.2, -0.15) is 10.2 Å². The van der Waals surface area contributed by atoms with Crippen molar-refractivity contribution in [3.8, 4) is 0 Å². The standard InChI is InChI=1S/C21H15BrCl2F4N6O/c1-9-17-12(18(25)26)5-15(19(27)28)29-21(17)34(31-9)8-16(35)30-20-13(22)7-33(32-20)6-10-2-3-11(23)4-14(10)24/h2-5,7,18-19H,6,8H2,1H3,(H,30,32,35). The number of carbonyl (C=O) groups excluding carboxylic acids is 1. The molecule has 0 fully saturated rings. The minimum Gasteiger partial charge on any atom is -0.307 e. The first-order valence-electron chi connectivity index (χ1n) is 9.94. The topological polar surface area (TPSA) is 77.6 Å². The van der Waals surface area contributed by atoms with Gasteiger partial charge in [0.25, 0.3) is 12.9 Å². The molecule has 4 aromatic rings. The molecule has 0 spiro atoms. The summed E-state index contributed by atoms with van der Waals surface area (Å²) in [7, 11) is 0. The average Bonchev–Trinajstić information content (AvgIpc) is 3.28. The highest BCUT2D eigenvalue weighted by atomic mass is 79.9. The Hall–Kier alpha value is -2.70. The van der Waals surface area contributed by atoms with E-state index in [1.165, 1.54) is 11.6 Å². The van der Waals surface area contributed by atoms with Gasteiger partial charge in [-0.25, -0.2) is 27.2 Å². The number of hydrogen-bond acceptors (Lipinski definition) is 4. The molecule has 3 aromatic heterocycles. The summed E-state index contributed by atoms with van der Waals surface area (Å²) in [5.41, 5.74) is -0.777. The van der Waals surface area contributed by atoms with Gasteiger partial charge in [0.2, 0.25) is 5.91 Å². The first kappa shape index (κ1) is 25.4. The van der Waals surface area contributed by atoms with E-state index >= 15 is 0 Å². The van der Waals surface area contributed by atoms with Gasteiger partial charge in [0.1, 0.15) is 12.2 Å². The van der Waals surface area contributed by atoms with E-state index in [2.05, 4.69) is 36.4 Å². The number of halogens is 7. The Morgan fingerprint density at radius 1 is 1.14 bits per heavy atom. The van der Waals surface area contributed by atoms with Crippen LogP contribution < -0.4 is 5.32 Å². The van der Waals surface area contributed by atoms with Gasteiger partial charge in [-0.15, -0.1) is 0 Å². The lowest BCUT2D eigenvalue weighted by Crippen LogP contribution is -2.20. The maximum Gasteiger partial charge on any atom is 0.280 e. The summed E-state index contributed by atoms with van der Waals surface area (Å²) in [6, 6.07) is 5.70. The van der Waals surface area contributed by atoms with E-state index in [1.807, 2.05) is 0 Å². The van der Waals surface area contributed by atoms with Crippen LogP contribution in [0, 0.1) is 6.92 Å². The molecular formula is C21H15BrCl2F4N6O. The lowest BCUT2D eigenvalue weighted by molar-refractivity contribution is -0.116. The minimum absolute atomic E-state index is 0.0671. The molecule has 3 heterocycles. The number of fused-ring (bicyclic) bond motifs is 1. The minimum atomic E-state index is -3.07. The molecule has 0 saturated heterocycles. The van der Waals surface area contributed by atoms with Gasteiger partial charge in [0.15, 0.2) is 11.5 Å². The second-order valence-corrected chi connectivity index (χ2v) is 9.18. The van der Waals surface area contributed by atoms with Crippen LogP contribution in [0.4, 0.5) is 23.4 Å². The molecule has 184 valence electrons. The van der Waals surface area contributed by atoms with Crippen molar-refractivity contribution >= 4 is 61.9 Å². The number of rotatable bonds is 7. The van der Waals surface area contributed by atoms with E-state index < -0.39 is 36.6 Å². The quantitative estimate of drug-likeness (QED) is 0.246. The number of nitrogens with one attached hydrogen (secondary N) is 1. The number of amides is 1. The highest BCUT2D eigenvalue weighted by molar-refractivity contribution is 9.10. The van der Waals surface area contributed by atoms with Crippen LogP contribution in [0.5, 0.6) is 0 Å². The molecule has 35 heavy (non-hydrogen) atoms. The summed E-state index contributed by atoms with van der Waals surface area (Å²) in [5, 5.41) is 11.8. The highest BCUT2D eigenvalue weighted by Gasteiger charge is 2.24. The molecule has 1 aromatic carbocycles. The van der Waals surface area contributed by atoms with E-state index in [0.29, 0.717) is 27.1 Å². The van der Waals surface area contributed by atoms with E-state index in [-0.39, 0.29) is 22.5 Å². The zero-order valence-electron chi connectivity index (χ0n) is 17.7. The summed E-state index contributed by atoms with van der Waals surface area (Å²) in [6.45, 7) is 1.27. The van der Waals surface area contributed by atoms with Gasteiger partial charge >= 0.3 is 0 Å². The number of pyridine rings is 1. The molecule has 14 heteroatoms. The molecule has 0 aliphatic rings. The monoisotopic (exact) mass is 592 g/mol. The zero-order chi connectivity index (χ0) is 25.4. The number of hydrogen-bond donors (Lipinski definition) is 1. The lowest BCUT2D eigenvalue weighted by atomic mass is 10.1. The third-order valence-electron chi connectivity index (χ3n) is 5.00. The Morgan fingerprint density at radius 3 is 2.54 bits per heavy atom. The predicted molar refractivity (Wildman–Crippen MR) is 126 cm³/mol. The molecule has 1 N–H and O–H groups in total. The highest BCUT2D eigenvalue weighted by Crippen LogP contribution is 2.32. The van der Waals surface area contributed by atoms with E-state index in [0.717, 1.165) is 10.2 Å². The molecule has 0 atom stereocenters. The van der Waals surface area contributed by atoms with Gasteiger partial charge < -0.3 is 5.32 Å². The van der Waals surface area contributed by atoms with Crippen LogP contribution in [-0.2, 0) is 17.9 Å². The molecule has 0 bridgehead atoms. The van der Waals surface area contributed by atoms with Gasteiger partial charge in [0.05, 0.1) is 22.1 Å². The zero-order valence-corrected chi connectivity index (χ0v) is 20.8. The molecule has 7 nitrogen and oxygen atoms in total. The average molecular weight is 594 g/mol. The SMILES string of the molecule is Cc1nn(CC(=O)Nc2nn(Cc3ccc(Cl)cc3Cl)cc2Br)c2nc(C(F)F)cc(C(F)F)c12. The second kappa shape index (κ2) is 10.1. The van der Waals surface area contributed by atoms with E-state index in [4.69, 9.17) is 23.2 Å². The molecular weight excluding hydrogens is 579 g/mol. The maximum atomic E-state index is 13.5. The third-order valence-corrected chi connectivity index (χ3v) is 6.17. The van der Waals surface area contributed by atoms with Crippen molar-refractivity contribution in [1.82, 2.24) is 24.5 Å². The molecule has 0 aliphatic carbocycles. The summed E-state index contributed by atoms with van der Waals surface area (Å²) in [6.07, 6.45) is -4.46. The van der Waals surface area contributed by atoms with Crippen molar-refractivity contribution < 1.29 is 22.4 Å². The number of nitrogens with zero attached hydrogens (tertiary/aromatic N) is 5. The van der Waals surface area contributed by atoms with Crippen molar-refractivity contribution in [3.63, 3.8) is 0 Å². The van der Waals surface area contributed by atoms with Crippen LogP contribution in [0.1, 0.15) is 35.4 Å². The van der Waals surface area contributed by atoms with Gasteiger partial charge in [-0.05, 0) is 46.6 Å². The fraction of sp³-hybridized carbons (Fsp3) is 0.238. The molecule has 4 rings (SSSR count). The lowest BCUT2D eigenvalue weighted by Gasteiger charge is -2.08. The van der Waals surface area contributed by atoms with Crippen molar-refractivity contribution in [2.45, 2.75) is 32.9 Å². The molecule has 0 aliphatic heterocycles. The number of aryl methyl sites for hydroxylation is 1. The number of anilines is 1. The van der Waals surface area contributed by atoms with Crippen LogP contribution in [-0.4, -0.2) is 30.5 Å². The van der Waals surface area contributed by atoms with Gasteiger partial charge in [0, 0.05) is 21.8 Å². The van der Waals surface area contributed by atoms with Crippen LogP contribution >= 0.6 is 39.1 Å². The number of carbonyl (C=O) groups is 1. The molecule has 1 amide bonds. The fourth-order valence-corrected chi connectivity index (χ4v) is 4.38. The Morgan fingerprint density at radius 2 is 1.89 bits per heavy atom. The molecule has 0 saturated carbocycles. The maximum absolute atomic E-state index is 13.5. The van der Waals surface area contributed by atoms with Crippen LogP contribution in [0.2, 0.25) is 10.0 Å². The third kappa shape index (κ3) is 5.44. The van der Waals surface area contributed by atoms with Gasteiger partial charge in [-0.1, -0.05) is 29.3 Å². The summed E-state index contributed by atoms with van der Waals surface area (Å²) in [4.78, 5) is 16.4. The van der Waals surface area contributed by atoms with E-state index in [9.17, 15) is 22.4 Å². The first-order valence-corrected chi connectivity index (χ1v) is 11.5. The summed E-state index contributed by atoms with van der Waals surface area (Å²) in [5.74, 6) is -0.435. The van der Waals surface area contributed by atoms with Crippen molar-refractivity contribution in [2.24, 2.45) is 0 Å².